The van der Waals surface area contributed by atoms with E-state index < -0.39 is 5.97 Å². The van der Waals surface area contributed by atoms with Gasteiger partial charge < -0.3 is 5.11 Å². The quantitative estimate of drug-likeness (QED) is 0.930. The molecule has 1 atom stereocenters. The fraction of sp³-hybridized carbons (Fsp3) is 0.333. The average molecular weight is 331 g/mol. The zero-order valence-electron chi connectivity index (χ0n) is 12.7. The largest absolute Gasteiger partial charge is 0.481 e. The summed E-state index contributed by atoms with van der Waals surface area (Å²) >= 11 is 6.17. The van der Waals surface area contributed by atoms with Crippen LogP contribution < -0.4 is 0 Å². The van der Waals surface area contributed by atoms with Gasteiger partial charge in [-0.05, 0) is 61.3 Å². The summed E-state index contributed by atoms with van der Waals surface area (Å²) in [6.07, 6.45) is 4.93. The van der Waals surface area contributed by atoms with Gasteiger partial charge in [-0.2, -0.15) is 0 Å². The molecule has 1 fully saturated rings. The zero-order chi connectivity index (χ0) is 16.2. The molecule has 1 N–H and O–H groups in total. The van der Waals surface area contributed by atoms with E-state index in [0.717, 1.165) is 24.2 Å². The Balaban J connectivity index is 1.89. The third-order valence-electron chi connectivity index (χ3n) is 4.43. The first-order valence-corrected chi connectivity index (χ1v) is 8.15. The molecule has 1 saturated heterocycles. The summed E-state index contributed by atoms with van der Waals surface area (Å²) < 4.78 is 0. The van der Waals surface area contributed by atoms with E-state index in [9.17, 15) is 9.90 Å². The number of carboxylic acid groups (broad SMARTS) is 1. The standard InChI is InChI=1S/C18H19ClN2O2/c19-16-3-1-2-15(12-16)17(13-4-8-20-9-5-13)21-10-6-14(7-11-21)18(22)23/h1-5,8-9,12,14,17H,6-7,10-11H2,(H,22,23). The summed E-state index contributed by atoms with van der Waals surface area (Å²) in [6.45, 7) is 1.52. The number of pyridine rings is 1. The number of carboxylic acids is 1. The van der Waals surface area contributed by atoms with Crippen LogP contribution in [0.15, 0.2) is 48.8 Å². The third kappa shape index (κ3) is 3.71. The molecule has 23 heavy (non-hydrogen) atoms. The van der Waals surface area contributed by atoms with E-state index >= 15 is 0 Å². The second-order valence-corrected chi connectivity index (χ2v) is 6.32. The van der Waals surface area contributed by atoms with Crippen molar-refractivity contribution in [1.82, 2.24) is 9.88 Å². The number of rotatable bonds is 4. The lowest BCUT2D eigenvalue weighted by molar-refractivity contribution is -0.143. The van der Waals surface area contributed by atoms with Gasteiger partial charge in [0.25, 0.3) is 0 Å². The lowest BCUT2D eigenvalue weighted by Crippen LogP contribution is -2.39. The maximum atomic E-state index is 11.2. The Morgan fingerprint density at radius 3 is 2.48 bits per heavy atom. The van der Waals surface area contributed by atoms with Gasteiger partial charge in [0.2, 0.25) is 0 Å². The predicted molar refractivity (Wildman–Crippen MR) is 89.5 cm³/mol. The third-order valence-corrected chi connectivity index (χ3v) is 4.67. The normalized spacial score (nSPS) is 17.8. The van der Waals surface area contributed by atoms with Crippen LogP contribution in [0.2, 0.25) is 5.02 Å². The van der Waals surface area contributed by atoms with Crippen LogP contribution in [0.3, 0.4) is 0 Å². The van der Waals surface area contributed by atoms with Crippen molar-refractivity contribution in [2.75, 3.05) is 13.1 Å². The molecule has 0 radical (unpaired) electrons. The molecule has 1 aliphatic heterocycles. The molecular weight excluding hydrogens is 312 g/mol. The highest BCUT2D eigenvalue weighted by atomic mass is 35.5. The van der Waals surface area contributed by atoms with E-state index in [4.69, 9.17) is 11.6 Å². The molecule has 1 aliphatic rings. The van der Waals surface area contributed by atoms with E-state index in [-0.39, 0.29) is 12.0 Å². The fourth-order valence-corrected chi connectivity index (χ4v) is 3.44. The molecule has 1 aromatic carbocycles. The number of aromatic nitrogens is 1. The van der Waals surface area contributed by atoms with Gasteiger partial charge in [0, 0.05) is 17.4 Å². The van der Waals surface area contributed by atoms with E-state index in [1.165, 1.54) is 0 Å². The maximum absolute atomic E-state index is 11.2. The Kier molecular flexibility index (Phi) is 4.94. The first-order chi connectivity index (χ1) is 11.1. The van der Waals surface area contributed by atoms with Crippen molar-refractivity contribution in [1.29, 1.82) is 0 Å². The molecule has 0 bridgehead atoms. The molecule has 0 saturated carbocycles. The van der Waals surface area contributed by atoms with Gasteiger partial charge in [0.1, 0.15) is 0 Å². The van der Waals surface area contributed by atoms with Crippen LogP contribution in [0.1, 0.15) is 30.0 Å². The number of hydrogen-bond acceptors (Lipinski definition) is 3. The minimum Gasteiger partial charge on any atom is -0.481 e. The van der Waals surface area contributed by atoms with Gasteiger partial charge in [0.15, 0.2) is 0 Å². The Morgan fingerprint density at radius 1 is 1.17 bits per heavy atom. The van der Waals surface area contributed by atoms with Gasteiger partial charge in [-0.25, -0.2) is 0 Å². The van der Waals surface area contributed by atoms with Gasteiger partial charge in [0.05, 0.1) is 12.0 Å². The fourth-order valence-electron chi connectivity index (χ4n) is 3.24. The second-order valence-electron chi connectivity index (χ2n) is 5.89. The molecular formula is C18H19ClN2O2. The number of likely N-dealkylation sites (tertiary alicyclic amines) is 1. The Morgan fingerprint density at radius 2 is 1.87 bits per heavy atom. The van der Waals surface area contributed by atoms with Gasteiger partial charge in [-0.15, -0.1) is 0 Å². The maximum Gasteiger partial charge on any atom is 0.306 e. The molecule has 2 heterocycles. The molecule has 2 aromatic rings. The van der Waals surface area contributed by atoms with Crippen LogP contribution in [0, 0.1) is 5.92 Å². The SMILES string of the molecule is O=C(O)C1CCN(C(c2ccncc2)c2cccc(Cl)c2)CC1. The van der Waals surface area contributed by atoms with Crippen LogP contribution in [0.5, 0.6) is 0 Å². The molecule has 4 nitrogen and oxygen atoms in total. The van der Waals surface area contributed by atoms with Gasteiger partial charge in [-0.1, -0.05) is 23.7 Å². The van der Waals surface area contributed by atoms with E-state index in [1.807, 2.05) is 30.3 Å². The Labute approximate surface area is 140 Å². The Hall–Kier alpha value is -1.91. The van der Waals surface area contributed by atoms with Crippen molar-refractivity contribution in [3.63, 3.8) is 0 Å². The van der Waals surface area contributed by atoms with Crippen LogP contribution in [-0.4, -0.2) is 34.0 Å². The van der Waals surface area contributed by atoms with E-state index in [1.54, 1.807) is 12.4 Å². The highest BCUT2D eigenvalue weighted by Gasteiger charge is 2.30. The van der Waals surface area contributed by atoms with Crippen molar-refractivity contribution in [2.45, 2.75) is 18.9 Å². The second kappa shape index (κ2) is 7.11. The molecule has 5 heteroatoms. The highest BCUT2D eigenvalue weighted by Crippen LogP contribution is 2.33. The Bertz CT molecular complexity index is 670. The monoisotopic (exact) mass is 330 g/mol. The lowest BCUT2D eigenvalue weighted by Gasteiger charge is -2.37. The summed E-state index contributed by atoms with van der Waals surface area (Å²) in [7, 11) is 0. The van der Waals surface area contributed by atoms with Crippen LogP contribution in [-0.2, 0) is 4.79 Å². The summed E-state index contributed by atoms with van der Waals surface area (Å²) in [5, 5.41) is 9.90. The first-order valence-electron chi connectivity index (χ1n) is 7.77. The molecule has 120 valence electrons. The molecule has 1 unspecified atom stereocenters. The number of halogens is 1. The number of hydrogen-bond donors (Lipinski definition) is 1. The van der Waals surface area contributed by atoms with Crippen molar-refractivity contribution in [3.8, 4) is 0 Å². The number of piperidine rings is 1. The van der Waals surface area contributed by atoms with Crippen molar-refractivity contribution in [3.05, 3.63) is 64.9 Å². The van der Waals surface area contributed by atoms with E-state index in [0.29, 0.717) is 17.9 Å². The topological polar surface area (TPSA) is 53.4 Å². The van der Waals surface area contributed by atoms with E-state index in [2.05, 4.69) is 16.0 Å². The van der Waals surface area contributed by atoms with Gasteiger partial charge in [-0.3, -0.25) is 14.7 Å². The van der Waals surface area contributed by atoms with Gasteiger partial charge >= 0.3 is 5.97 Å². The smallest absolute Gasteiger partial charge is 0.306 e. The summed E-state index contributed by atoms with van der Waals surface area (Å²) in [5.74, 6) is -0.920. The van der Waals surface area contributed by atoms with Crippen molar-refractivity contribution < 1.29 is 9.90 Å². The van der Waals surface area contributed by atoms with Crippen molar-refractivity contribution >= 4 is 17.6 Å². The minimum atomic E-state index is -0.687. The van der Waals surface area contributed by atoms with Crippen LogP contribution in [0.4, 0.5) is 0 Å². The molecule has 3 rings (SSSR count). The average Bonchev–Trinajstić information content (AvgIpc) is 2.57. The molecule has 0 spiro atoms. The minimum absolute atomic E-state index is 0.0754. The number of benzene rings is 1. The number of carbonyl (C=O) groups is 1. The molecule has 0 aliphatic carbocycles. The highest BCUT2D eigenvalue weighted by molar-refractivity contribution is 6.30. The van der Waals surface area contributed by atoms with Crippen molar-refractivity contribution in [2.24, 2.45) is 5.92 Å². The zero-order valence-corrected chi connectivity index (χ0v) is 13.5. The van der Waals surface area contributed by atoms with Crippen LogP contribution >= 0.6 is 11.6 Å². The number of nitrogens with zero attached hydrogens (tertiary/aromatic N) is 2. The number of aliphatic carboxylic acids is 1. The lowest BCUT2D eigenvalue weighted by atomic mass is 9.92. The van der Waals surface area contributed by atoms with Crippen LogP contribution in [0.25, 0.3) is 0 Å². The summed E-state index contributed by atoms with van der Waals surface area (Å²) in [5.41, 5.74) is 2.27. The summed E-state index contributed by atoms with van der Waals surface area (Å²) in [6, 6.07) is 12.0. The molecule has 1 aromatic heterocycles. The predicted octanol–water partition coefficient (Wildman–Crippen LogP) is 3.62. The first kappa shape index (κ1) is 16.0. The molecule has 0 amide bonds. The summed E-state index contributed by atoms with van der Waals surface area (Å²) in [4.78, 5) is 17.6.